The van der Waals surface area contributed by atoms with E-state index in [1.807, 2.05) is 0 Å². The molecule has 0 spiro atoms. The number of nitrogens with zero attached hydrogens (tertiary/aromatic N) is 6. The maximum Gasteiger partial charge on any atom is 0.352 e. The lowest BCUT2D eigenvalue weighted by Gasteiger charge is -2.49. The number of aliphatic carboxylic acids is 1. The van der Waals surface area contributed by atoms with Crippen molar-refractivity contribution in [2.45, 2.75) is 22.6 Å². The number of fused-ring (bicyclic) bond motifs is 1. The Morgan fingerprint density at radius 2 is 2.00 bits per heavy atom. The summed E-state index contributed by atoms with van der Waals surface area (Å²) >= 11 is 3.60. The number of carbonyl (C=O) groups is 5. The van der Waals surface area contributed by atoms with E-state index in [0.29, 0.717) is 27.8 Å². The second-order valence-corrected chi connectivity index (χ2v) is 11.7. The Balaban J connectivity index is 1.30. The number of benzene rings is 1. The van der Waals surface area contributed by atoms with Crippen LogP contribution >= 0.6 is 35.3 Å². The quantitative estimate of drug-likeness (QED) is 0.289. The predicted octanol–water partition coefficient (Wildman–Crippen LogP) is 0.661. The van der Waals surface area contributed by atoms with Crippen LogP contribution in [-0.2, 0) is 21.4 Å². The first kappa shape index (κ1) is 27.0. The van der Waals surface area contributed by atoms with Gasteiger partial charge in [0.15, 0.2) is 0 Å². The standard InChI is InChI=1S/C22H22N8O6S3/c1-28-21(25-26-27-28)39-10-12-9-38-18-14(17(32)30(18)15(12)19(33)34)23-16(31)13(11-5-3-2-4-6-11)24-20(35)29-7-8-37-22(29)36/h2-6,13-14,18H,7-10H2,1H3,(H,23,31)(H,24,35)(H,33,34)/t13-,14?,18-/m1/s1. The number of urea groups is 1. The number of tetrazole rings is 1. The van der Waals surface area contributed by atoms with E-state index in [4.69, 9.17) is 0 Å². The van der Waals surface area contributed by atoms with Gasteiger partial charge in [-0.1, -0.05) is 53.9 Å². The average Bonchev–Trinajstić information content (AvgIpc) is 3.55. The summed E-state index contributed by atoms with van der Waals surface area (Å²) in [6.07, 6.45) is 0. The molecule has 3 atom stereocenters. The molecule has 1 aromatic heterocycles. The molecule has 1 unspecified atom stereocenters. The first-order valence-electron chi connectivity index (χ1n) is 11.6. The summed E-state index contributed by atoms with van der Waals surface area (Å²) in [5, 5.41) is 25.8. The second-order valence-electron chi connectivity index (χ2n) is 8.59. The average molecular weight is 591 g/mol. The fourth-order valence-electron chi connectivity index (χ4n) is 4.25. The molecule has 5 amide bonds. The maximum absolute atomic E-state index is 13.4. The minimum Gasteiger partial charge on any atom is -0.477 e. The Bertz CT molecular complexity index is 1370. The summed E-state index contributed by atoms with van der Waals surface area (Å²) in [6.45, 7) is 0.228. The van der Waals surface area contributed by atoms with E-state index < -0.39 is 46.5 Å². The molecule has 0 aliphatic carbocycles. The number of carbonyl (C=O) groups excluding carboxylic acids is 4. The Labute approximate surface area is 234 Å². The predicted molar refractivity (Wildman–Crippen MR) is 141 cm³/mol. The zero-order valence-electron chi connectivity index (χ0n) is 20.3. The molecular formula is C22H22N8O6S3. The third kappa shape index (κ3) is 5.33. The fraction of sp³-hybridized carbons (Fsp3) is 0.364. The zero-order valence-corrected chi connectivity index (χ0v) is 22.8. The van der Waals surface area contributed by atoms with Gasteiger partial charge in [0.1, 0.15) is 23.2 Å². The molecule has 3 aliphatic rings. The minimum atomic E-state index is -1.24. The van der Waals surface area contributed by atoms with Gasteiger partial charge < -0.3 is 15.7 Å². The number of hydrogen-bond acceptors (Lipinski definition) is 11. The number of aromatic nitrogens is 4. The van der Waals surface area contributed by atoms with Crippen LogP contribution in [0.2, 0.25) is 0 Å². The van der Waals surface area contributed by atoms with E-state index in [9.17, 15) is 29.1 Å². The van der Waals surface area contributed by atoms with E-state index in [0.717, 1.165) is 16.7 Å². The topological polar surface area (TPSA) is 180 Å². The summed E-state index contributed by atoms with van der Waals surface area (Å²) in [5.41, 5.74) is 0.888. The van der Waals surface area contributed by atoms with Gasteiger partial charge in [0, 0.05) is 30.9 Å². The van der Waals surface area contributed by atoms with Crippen LogP contribution in [0.4, 0.5) is 9.59 Å². The van der Waals surface area contributed by atoms with Crippen molar-refractivity contribution in [3.8, 4) is 0 Å². The minimum absolute atomic E-state index is 0.116. The largest absolute Gasteiger partial charge is 0.477 e. The van der Waals surface area contributed by atoms with Gasteiger partial charge in [-0.05, 0) is 21.6 Å². The Hall–Kier alpha value is -3.57. The SMILES string of the molecule is Cn1nnnc1SCC1=C(C(=O)O)N2C(=O)C(NC(=O)[C@H](NC(=O)N3CCSC3=O)c3ccccc3)[C@H]2SC1. The second kappa shape index (κ2) is 11.3. The lowest BCUT2D eigenvalue weighted by atomic mass is 10.0. The van der Waals surface area contributed by atoms with Crippen molar-refractivity contribution in [2.24, 2.45) is 7.05 Å². The fourth-order valence-corrected chi connectivity index (χ4v) is 7.36. The van der Waals surface area contributed by atoms with Crippen molar-refractivity contribution in [1.29, 1.82) is 0 Å². The molecule has 2 fully saturated rings. The number of amides is 5. The summed E-state index contributed by atoms with van der Waals surface area (Å²) < 4.78 is 1.46. The molecule has 0 saturated carbocycles. The van der Waals surface area contributed by atoms with Gasteiger partial charge in [-0.2, -0.15) is 0 Å². The van der Waals surface area contributed by atoms with Gasteiger partial charge in [-0.3, -0.25) is 24.2 Å². The molecule has 17 heteroatoms. The van der Waals surface area contributed by atoms with Crippen molar-refractivity contribution in [3.05, 3.63) is 47.2 Å². The zero-order chi connectivity index (χ0) is 27.7. The highest BCUT2D eigenvalue weighted by atomic mass is 32.2. The summed E-state index contributed by atoms with van der Waals surface area (Å²) in [5.74, 6) is -1.39. The van der Waals surface area contributed by atoms with Crippen molar-refractivity contribution >= 4 is 64.3 Å². The Kier molecular flexibility index (Phi) is 7.81. The molecule has 39 heavy (non-hydrogen) atoms. The van der Waals surface area contributed by atoms with Crippen molar-refractivity contribution in [1.82, 2.24) is 40.6 Å². The number of β-lactam (4-membered cyclic amide) rings is 1. The Morgan fingerprint density at radius 3 is 2.64 bits per heavy atom. The number of hydrogen-bond donors (Lipinski definition) is 3. The van der Waals surface area contributed by atoms with Crippen LogP contribution in [0, 0.1) is 0 Å². The van der Waals surface area contributed by atoms with Crippen molar-refractivity contribution in [3.63, 3.8) is 0 Å². The lowest BCUT2D eigenvalue weighted by molar-refractivity contribution is -0.151. The molecule has 204 valence electrons. The summed E-state index contributed by atoms with van der Waals surface area (Å²) in [4.78, 5) is 65.6. The normalized spacial score (nSPS) is 21.4. The van der Waals surface area contributed by atoms with Crippen LogP contribution in [0.1, 0.15) is 11.6 Å². The van der Waals surface area contributed by atoms with Crippen LogP contribution < -0.4 is 10.6 Å². The molecule has 4 heterocycles. The third-order valence-electron chi connectivity index (χ3n) is 6.17. The van der Waals surface area contributed by atoms with Crippen LogP contribution in [0.25, 0.3) is 0 Å². The first-order chi connectivity index (χ1) is 18.8. The van der Waals surface area contributed by atoms with E-state index in [2.05, 4.69) is 26.2 Å². The van der Waals surface area contributed by atoms with Gasteiger partial charge in [-0.15, -0.1) is 16.9 Å². The molecule has 5 rings (SSSR count). The van der Waals surface area contributed by atoms with E-state index in [-0.39, 0.29) is 18.0 Å². The molecule has 3 N–H and O–H groups in total. The van der Waals surface area contributed by atoms with Crippen molar-refractivity contribution in [2.75, 3.05) is 23.8 Å². The highest BCUT2D eigenvalue weighted by molar-refractivity contribution is 8.13. The smallest absolute Gasteiger partial charge is 0.352 e. The van der Waals surface area contributed by atoms with Crippen molar-refractivity contribution < 1.29 is 29.1 Å². The molecule has 0 radical (unpaired) electrons. The first-order valence-corrected chi connectivity index (χ1v) is 14.6. The number of rotatable bonds is 8. The molecule has 0 bridgehead atoms. The number of carboxylic acid groups (broad SMARTS) is 1. The third-order valence-corrected chi connectivity index (χ3v) is 9.46. The van der Waals surface area contributed by atoms with Crippen LogP contribution in [0.3, 0.4) is 0 Å². The van der Waals surface area contributed by atoms with Gasteiger partial charge in [-0.25, -0.2) is 14.3 Å². The maximum atomic E-state index is 13.4. The number of nitrogens with one attached hydrogen (secondary N) is 2. The number of aryl methyl sites for hydroxylation is 1. The molecule has 3 aliphatic heterocycles. The number of carboxylic acids is 1. The monoisotopic (exact) mass is 590 g/mol. The van der Waals surface area contributed by atoms with E-state index >= 15 is 0 Å². The highest BCUT2D eigenvalue weighted by Gasteiger charge is 2.54. The number of imide groups is 1. The van der Waals surface area contributed by atoms with E-state index in [1.54, 1.807) is 37.4 Å². The summed E-state index contributed by atoms with van der Waals surface area (Å²) in [7, 11) is 1.67. The Morgan fingerprint density at radius 1 is 1.23 bits per heavy atom. The van der Waals surface area contributed by atoms with Gasteiger partial charge >= 0.3 is 12.0 Å². The molecule has 14 nitrogen and oxygen atoms in total. The lowest BCUT2D eigenvalue weighted by Crippen LogP contribution is -2.71. The molecule has 2 saturated heterocycles. The number of thioether (sulfide) groups is 3. The van der Waals surface area contributed by atoms with Crippen LogP contribution in [-0.4, -0.2) is 99.4 Å². The van der Waals surface area contributed by atoms with Gasteiger partial charge in [0.2, 0.25) is 11.1 Å². The van der Waals surface area contributed by atoms with Gasteiger partial charge in [0.25, 0.3) is 11.1 Å². The van der Waals surface area contributed by atoms with Crippen LogP contribution in [0.5, 0.6) is 0 Å². The molecular weight excluding hydrogens is 568 g/mol. The van der Waals surface area contributed by atoms with Crippen LogP contribution in [0.15, 0.2) is 46.8 Å². The van der Waals surface area contributed by atoms with Gasteiger partial charge in [0.05, 0.1) is 0 Å². The molecule has 2 aromatic rings. The highest BCUT2D eigenvalue weighted by Crippen LogP contribution is 2.41. The molecule has 1 aromatic carbocycles. The van der Waals surface area contributed by atoms with E-state index in [1.165, 1.54) is 33.1 Å². The summed E-state index contributed by atoms with van der Waals surface area (Å²) in [6, 6.07) is 5.59.